The van der Waals surface area contributed by atoms with Gasteiger partial charge in [0.25, 0.3) is 11.8 Å². The maximum absolute atomic E-state index is 13.4. The fourth-order valence-electron chi connectivity index (χ4n) is 4.59. The van der Waals surface area contributed by atoms with E-state index in [-0.39, 0.29) is 35.6 Å². The van der Waals surface area contributed by atoms with Crippen molar-refractivity contribution >= 4 is 23.4 Å². The van der Waals surface area contributed by atoms with Gasteiger partial charge >= 0.3 is 0 Å². The van der Waals surface area contributed by atoms with Gasteiger partial charge in [-0.1, -0.05) is 43.5 Å². The van der Waals surface area contributed by atoms with Crippen molar-refractivity contribution < 1.29 is 24.2 Å². The number of nitrogens with one attached hydrogen (secondary N) is 3. The van der Waals surface area contributed by atoms with Crippen molar-refractivity contribution in [2.24, 2.45) is 0 Å². The van der Waals surface area contributed by atoms with Gasteiger partial charge in [-0.05, 0) is 66.9 Å². The molecule has 1 fully saturated rings. The summed E-state index contributed by atoms with van der Waals surface area (Å²) in [5.74, 6) is -0.338. The van der Waals surface area contributed by atoms with Gasteiger partial charge in [0.1, 0.15) is 17.5 Å². The van der Waals surface area contributed by atoms with E-state index in [1.165, 1.54) is 6.42 Å². The Balaban J connectivity index is 1.51. The van der Waals surface area contributed by atoms with Crippen LogP contribution in [0.1, 0.15) is 58.4 Å². The van der Waals surface area contributed by atoms with Crippen LogP contribution in [0.5, 0.6) is 11.5 Å². The van der Waals surface area contributed by atoms with Crippen LogP contribution in [0.2, 0.25) is 0 Å². The Hall–Kier alpha value is -4.33. The molecule has 3 aromatic rings. The molecule has 38 heavy (non-hydrogen) atoms. The number of hydrogen-bond acceptors (Lipinski definition) is 5. The summed E-state index contributed by atoms with van der Waals surface area (Å²) in [5.41, 5.74) is 1.79. The molecule has 3 amide bonds. The van der Waals surface area contributed by atoms with Crippen LogP contribution in [0.15, 0.2) is 72.8 Å². The summed E-state index contributed by atoms with van der Waals surface area (Å²) < 4.78 is 5.14. The first-order valence-corrected chi connectivity index (χ1v) is 12.9. The lowest BCUT2D eigenvalue weighted by molar-refractivity contribution is -0.123. The number of ether oxygens (including phenoxy) is 1. The molecule has 8 nitrogen and oxygen atoms in total. The van der Waals surface area contributed by atoms with Crippen LogP contribution >= 0.6 is 0 Å². The van der Waals surface area contributed by atoms with Gasteiger partial charge in [-0.2, -0.15) is 0 Å². The normalized spacial score (nSPS) is 14.2. The minimum atomic E-state index is -0.834. The maximum atomic E-state index is 13.4. The molecule has 0 spiro atoms. The lowest BCUT2D eigenvalue weighted by atomic mass is 9.95. The number of carbonyl (C=O) groups is 3. The minimum Gasteiger partial charge on any atom is -0.508 e. The molecule has 1 aliphatic rings. The van der Waals surface area contributed by atoms with Crippen molar-refractivity contribution in [3.8, 4) is 11.5 Å². The zero-order valence-electron chi connectivity index (χ0n) is 21.4. The Morgan fingerprint density at radius 3 is 2.26 bits per heavy atom. The van der Waals surface area contributed by atoms with Crippen molar-refractivity contribution in [1.82, 2.24) is 10.6 Å². The molecule has 1 atom stereocenters. The van der Waals surface area contributed by atoms with Gasteiger partial charge < -0.3 is 25.8 Å². The van der Waals surface area contributed by atoms with Gasteiger partial charge in [-0.25, -0.2) is 0 Å². The van der Waals surface area contributed by atoms with Crippen LogP contribution in [0.3, 0.4) is 0 Å². The number of anilines is 1. The fraction of sp³-hybridized carbons (Fsp3) is 0.300. The molecule has 4 rings (SSSR count). The SMILES string of the molecule is COc1ccc(C(=O)Nc2ccccc2C(=O)N[C@@H](Cc2ccc(O)cc2)C(=O)NC2CCCCC2)cc1. The standard InChI is InChI=1S/C30H33N3O5/c1-38-24-17-13-21(14-18-24)28(35)32-26-10-6-5-9-25(26)29(36)33-27(19-20-11-15-23(34)16-12-20)30(37)31-22-7-3-2-4-8-22/h5-6,9-18,22,27,34H,2-4,7-8,19H2,1H3,(H,31,37)(H,32,35)(H,33,36)/t27-/m0/s1. The van der Waals surface area contributed by atoms with Gasteiger partial charge in [0.15, 0.2) is 0 Å². The third-order valence-electron chi connectivity index (χ3n) is 6.72. The molecule has 4 N–H and O–H groups in total. The zero-order chi connectivity index (χ0) is 26.9. The average Bonchev–Trinajstić information content (AvgIpc) is 2.94. The second kappa shape index (κ2) is 12.8. The van der Waals surface area contributed by atoms with Crippen LogP contribution in [0.25, 0.3) is 0 Å². The van der Waals surface area contributed by atoms with E-state index in [4.69, 9.17) is 4.74 Å². The average molecular weight is 516 g/mol. The topological polar surface area (TPSA) is 117 Å². The third kappa shape index (κ3) is 7.12. The van der Waals surface area contributed by atoms with Gasteiger partial charge in [0.2, 0.25) is 5.91 Å². The first-order valence-electron chi connectivity index (χ1n) is 12.9. The molecular weight excluding hydrogens is 482 g/mol. The summed E-state index contributed by atoms with van der Waals surface area (Å²) >= 11 is 0. The molecule has 0 bridgehead atoms. The first-order chi connectivity index (χ1) is 18.4. The molecular formula is C30H33N3O5. The number of carbonyl (C=O) groups excluding carboxylic acids is 3. The van der Waals surface area contributed by atoms with E-state index in [0.717, 1.165) is 31.2 Å². The van der Waals surface area contributed by atoms with Crippen molar-refractivity contribution in [3.63, 3.8) is 0 Å². The highest BCUT2D eigenvalue weighted by atomic mass is 16.5. The number of hydrogen-bond donors (Lipinski definition) is 4. The first kappa shape index (κ1) is 26.7. The molecule has 0 aromatic heterocycles. The van der Waals surface area contributed by atoms with Crippen molar-refractivity contribution in [2.75, 3.05) is 12.4 Å². The number of amides is 3. The van der Waals surface area contributed by atoms with E-state index in [2.05, 4.69) is 16.0 Å². The Kier molecular flexibility index (Phi) is 8.98. The molecule has 0 radical (unpaired) electrons. The minimum absolute atomic E-state index is 0.0894. The Labute approximate surface area is 222 Å². The number of phenols is 1. The molecule has 1 saturated carbocycles. The number of methoxy groups -OCH3 is 1. The number of benzene rings is 3. The van der Waals surface area contributed by atoms with Crippen molar-refractivity contribution in [2.45, 2.75) is 50.6 Å². The fourth-order valence-corrected chi connectivity index (χ4v) is 4.59. The summed E-state index contributed by atoms with van der Waals surface area (Å²) in [5, 5.41) is 18.4. The molecule has 8 heteroatoms. The Morgan fingerprint density at radius 1 is 0.895 bits per heavy atom. The van der Waals surface area contributed by atoms with Crippen LogP contribution in [-0.2, 0) is 11.2 Å². The van der Waals surface area contributed by atoms with Crippen molar-refractivity contribution in [1.29, 1.82) is 0 Å². The van der Waals surface area contributed by atoms with Gasteiger partial charge in [0, 0.05) is 18.0 Å². The predicted molar refractivity (Wildman–Crippen MR) is 145 cm³/mol. The van der Waals surface area contributed by atoms with Crippen LogP contribution in [0, 0.1) is 0 Å². The van der Waals surface area contributed by atoms with Crippen molar-refractivity contribution in [3.05, 3.63) is 89.5 Å². The van der Waals surface area contributed by atoms with E-state index in [0.29, 0.717) is 17.0 Å². The Bertz CT molecular complexity index is 1250. The molecule has 0 unspecified atom stereocenters. The highest BCUT2D eigenvalue weighted by molar-refractivity contribution is 6.09. The number of aromatic hydroxyl groups is 1. The van der Waals surface area contributed by atoms with Crippen LogP contribution < -0.4 is 20.7 Å². The molecule has 0 heterocycles. The van der Waals surface area contributed by atoms with Gasteiger partial charge in [0.05, 0.1) is 18.4 Å². The van der Waals surface area contributed by atoms with E-state index >= 15 is 0 Å². The highest BCUT2D eigenvalue weighted by Gasteiger charge is 2.26. The number of phenolic OH excluding ortho intramolecular Hbond substituents is 1. The van der Waals surface area contributed by atoms with E-state index in [1.54, 1.807) is 79.9 Å². The van der Waals surface area contributed by atoms with Gasteiger partial charge in [-0.3, -0.25) is 14.4 Å². The largest absolute Gasteiger partial charge is 0.508 e. The smallest absolute Gasteiger partial charge is 0.255 e. The highest BCUT2D eigenvalue weighted by Crippen LogP contribution is 2.20. The Morgan fingerprint density at radius 2 is 1.58 bits per heavy atom. The lowest BCUT2D eigenvalue weighted by Gasteiger charge is -2.26. The molecule has 0 aliphatic heterocycles. The molecule has 1 aliphatic carbocycles. The van der Waals surface area contributed by atoms with Crippen LogP contribution in [-0.4, -0.2) is 42.0 Å². The lowest BCUT2D eigenvalue weighted by Crippen LogP contribution is -2.51. The summed E-state index contributed by atoms with van der Waals surface area (Å²) in [6.45, 7) is 0. The predicted octanol–water partition coefficient (Wildman–Crippen LogP) is 4.44. The monoisotopic (exact) mass is 515 g/mol. The quantitative estimate of drug-likeness (QED) is 0.336. The van der Waals surface area contributed by atoms with Crippen LogP contribution in [0.4, 0.5) is 5.69 Å². The maximum Gasteiger partial charge on any atom is 0.255 e. The zero-order valence-corrected chi connectivity index (χ0v) is 21.4. The molecule has 0 saturated heterocycles. The van der Waals surface area contributed by atoms with E-state index in [1.807, 2.05) is 0 Å². The molecule has 3 aromatic carbocycles. The number of para-hydroxylation sites is 1. The summed E-state index contributed by atoms with van der Waals surface area (Å²) in [7, 11) is 1.55. The summed E-state index contributed by atoms with van der Waals surface area (Å²) in [6, 6.07) is 19.2. The van der Waals surface area contributed by atoms with E-state index < -0.39 is 11.9 Å². The van der Waals surface area contributed by atoms with E-state index in [9.17, 15) is 19.5 Å². The number of rotatable bonds is 9. The second-order valence-electron chi connectivity index (χ2n) is 9.47. The third-order valence-corrected chi connectivity index (χ3v) is 6.72. The second-order valence-corrected chi connectivity index (χ2v) is 9.47. The van der Waals surface area contributed by atoms with Gasteiger partial charge in [-0.15, -0.1) is 0 Å². The summed E-state index contributed by atoms with van der Waals surface area (Å²) in [4.78, 5) is 39.6. The molecule has 198 valence electrons. The summed E-state index contributed by atoms with van der Waals surface area (Å²) in [6.07, 6.45) is 5.41.